The number of nitrogens with one attached hydrogen (secondary N) is 2. The molecule has 7 nitrogen and oxygen atoms in total. The van der Waals surface area contributed by atoms with Crippen LogP contribution in [-0.2, 0) is 23.9 Å². The van der Waals surface area contributed by atoms with E-state index in [9.17, 15) is 9.18 Å². The third-order valence-electron chi connectivity index (χ3n) is 7.46. The lowest BCUT2D eigenvalue weighted by molar-refractivity contribution is 0.490. The van der Waals surface area contributed by atoms with Gasteiger partial charge in [-0.25, -0.2) is 18.7 Å². The van der Waals surface area contributed by atoms with Gasteiger partial charge in [0.25, 0.3) is 5.56 Å². The first-order chi connectivity index (χ1) is 17.2. The van der Waals surface area contributed by atoms with Gasteiger partial charge in [-0.1, -0.05) is 26.8 Å². The molecule has 0 unspecified atom stereocenters. The highest BCUT2D eigenvalue weighted by molar-refractivity contribution is 5.77. The smallest absolute Gasteiger partial charge is 0.278 e. The van der Waals surface area contributed by atoms with Gasteiger partial charge in [-0.15, -0.1) is 0 Å². The molecule has 2 aromatic carbocycles. The molecule has 1 saturated carbocycles. The fraction of sp³-hybridized carbons (Fsp3) is 0.393. The summed E-state index contributed by atoms with van der Waals surface area (Å²) >= 11 is 0. The Morgan fingerprint density at radius 3 is 2.69 bits per heavy atom. The summed E-state index contributed by atoms with van der Waals surface area (Å²) in [5.74, 6) is 0.151. The molecule has 0 saturated heterocycles. The topological polar surface area (TPSA) is 76.8 Å². The summed E-state index contributed by atoms with van der Waals surface area (Å²) in [6, 6.07) is 11.4. The van der Waals surface area contributed by atoms with Crippen molar-refractivity contribution < 1.29 is 4.39 Å². The van der Waals surface area contributed by atoms with Crippen LogP contribution < -0.4 is 16.2 Å². The van der Waals surface area contributed by atoms with Crippen molar-refractivity contribution in [2.45, 2.75) is 64.5 Å². The lowest BCUT2D eigenvalue weighted by atomic mass is 9.86. The van der Waals surface area contributed by atoms with E-state index in [4.69, 9.17) is 4.98 Å². The van der Waals surface area contributed by atoms with Gasteiger partial charge in [0, 0.05) is 30.5 Å². The Bertz CT molecular complexity index is 1560. The maximum Gasteiger partial charge on any atom is 0.278 e. The maximum absolute atomic E-state index is 14.6. The average molecular weight is 487 g/mol. The standard InChI is InChI=1S/C28H31FN6O/c1-5-34-25(36)20-16-30-26(32-18-6-8-21-17(14-18)10-13-31-28(21)11-12-28)33-24(20)35(34)19-7-9-23(29)22(15-19)27(2,3)4/h6-9,14-16,31H,5,10-13H2,1-4H3,(H,30,32,33). The number of hydrogen-bond donors (Lipinski definition) is 2. The molecule has 8 heteroatoms. The molecule has 186 valence electrons. The highest BCUT2D eigenvalue weighted by Crippen LogP contribution is 2.48. The molecule has 1 fully saturated rings. The van der Waals surface area contributed by atoms with Crippen LogP contribution in [0.2, 0.25) is 0 Å². The van der Waals surface area contributed by atoms with Crippen LogP contribution in [0.1, 0.15) is 57.2 Å². The summed E-state index contributed by atoms with van der Waals surface area (Å²) in [6.45, 7) is 9.26. The van der Waals surface area contributed by atoms with E-state index in [0.29, 0.717) is 34.8 Å². The van der Waals surface area contributed by atoms with Crippen molar-refractivity contribution in [2.75, 3.05) is 11.9 Å². The highest BCUT2D eigenvalue weighted by Gasteiger charge is 2.46. The average Bonchev–Trinajstić information content (AvgIpc) is 3.55. The Labute approximate surface area is 209 Å². The third kappa shape index (κ3) is 3.63. The first-order valence-corrected chi connectivity index (χ1v) is 12.6. The van der Waals surface area contributed by atoms with Crippen molar-refractivity contribution in [3.05, 3.63) is 75.5 Å². The van der Waals surface area contributed by atoms with Crippen molar-refractivity contribution in [3.63, 3.8) is 0 Å². The monoisotopic (exact) mass is 486 g/mol. The van der Waals surface area contributed by atoms with Crippen LogP contribution in [0, 0.1) is 5.82 Å². The predicted octanol–water partition coefficient (Wildman–Crippen LogP) is 4.92. The molecule has 2 aromatic heterocycles. The van der Waals surface area contributed by atoms with Crippen molar-refractivity contribution in [1.82, 2.24) is 24.6 Å². The van der Waals surface area contributed by atoms with E-state index in [1.54, 1.807) is 27.7 Å². The van der Waals surface area contributed by atoms with Crippen molar-refractivity contribution in [3.8, 4) is 5.69 Å². The Morgan fingerprint density at radius 2 is 1.97 bits per heavy atom. The highest BCUT2D eigenvalue weighted by atomic mass is 19.1. The van der Waals surface area contributed by atoms with Gasteiger partial charge in [0.15, 0.2) is 5.65 Å². The molecule has 1 aliphatic carbocycles. The summed E-state index contributed by atoms with van der Waals surface area (Å²) in [6.07, 6.45) is 4.95. The van der Waals surface area contributed by atoms with Gasteiger partial charge in [-0.3, -0.25) is 4.79 Å². The van der Waals surface area contributed by atoms with Crippen LogP contribution in [0.15, 0.2) is 47.4 Å². The van der Waals surface area contributed by atoms with Gasteiger partial charge < -0.3 is 10.6 Å². The fourth-order valence-corrected chi connectivity index (χ4v) is 5.43. The number of halogens is 1. The number of aromatic nitrogens is 4. The minimum absolute atomic E-state index is 0.170. The molecule has 1 spiro atoms. The van der Waals surface area contributed by atoms with Gasteiger partial charge in [0.05, 0.1) is 5.69 Å². The molecule has 0 bridgehead atoms. The molecule has 6 rings (SSSR count). The van der Waals surface area contributed by atoms with Gasteiger partial charge in [-0.05, 0) is 78.6 Å². The minimum atomic E-state index is -0.386. The van der Waals surface area contributed by atoms with Gasteiger partial charge in [0.2, 0.25) is 5.95 Å². The van der Waals surface area contributed by atoms with E-state index < -0.39 is 0 Å². The Morgan fingerprint density at radius 1 is 1.17 bits per heavy atom. The number of nitrogens with zero attached hydrogens (tertiary/aromatic N) is 4. The first kappa shape index (κ1) is 22.9. The normalized spacial score (nSPS) is 16.4. The molecule has 36 heavy (non-hydrogen) atoms. The second kappa shape index (κ2) is 8.00. The number of anilines is 2. The largest absolute Gasteiger partial charge is 0.324 e. The van der Waals surface area contributed by atoms with Crippen molar-refractivity contribution >= 4 is 22.7 Å². The second-order valence-electron chi connectivity index (χ2n) is 10.9. The molecule has 4 aromatic rings. The van der Waals surface area contributed by atoms with Gasteiger partial charge >= 0.3 is 0 Å². The Hall–Kier alpha value is -3.52. The third-order valence-corrected chi connectivity index (χ3v) is 7.46. The van der Waals surface area contributed by atoms with Crippen LogP contribution in [-0.4, -0.2) is 25.9 Å². The van der Waals surface area contributed by atoms with Crippen molar-refractivity contribution in [2.24, 2.45) is 0 Å². The summed E-state index contributed by atoms with van der Waals surface area (Å²) < 4.78 is 18.0. The number of fused-ring (bicyclic) bond motifs is 3. The molecule has 0 amide bonds. The van der Waals surface area contributed by atoms with E-state index in [1.165, 1.54) is 30.0 Å². The number of hydrogen-bond acceptors (Lipinski definition) is 5. The molecule has 2 N–H and O–H groups in total. The molecule has 1 aliphatic heterocycles. The summed E-state index contributed by atoms with van der Waals surface area (Å²) in [5, 5.41) is 7.43. The molecular formula is C28H31FN6O. The molecule has 2 aliphatic rings. The van der Waals surface area contributed by atoms with E-state index in [0.717, 1.165) is 18.7 Å². The summed E-state index contributed by atoms with van der Waals surface area (Å²) in [4.78, 5) is 22.4. The van der Waals surface area contributed by atoms with Crippen LogP contribution in [0.3, 0.4) is 0 Å². The lowest BCUT2D eigenvalue weighted by Gasteiger charge is -2.27. The van der Waals surface area contributed by atoms with E-state index in [1.807, 2.05) is 27.7 Å². The van der Waals surface area contributed by atoms with E-state index >= 15 is 0 Å². The maximum atomic E-state index is 14.6. The summed E-state index contributed by atoms with van der Waals surface area (Å²) in [5.41, 5.74) is 5.07. The van der Waals surface area contributed by atoms with Crippen LogP contribution in [0.25, 0.3) is 16.7 Å². The zero-order chi connectivity index (χ0) is 25.2. The molecule has 0 atom stereocenters. The van der Waals surface area contributed by atoms with Crippen molar-refractivity contribution in [1.29, 1.82) is 0 Å². The van der Waals surface area contributed by atoms with E-state index in [2.05, 4.69) is 33.8 Å². The predicted molar refractivity (Wildman–Crippen MR) is 140 cm³/mol. The van der Waals surface area contributed by atoms with Gasteiger partial charge in [-0.2, -0.15) is 4.98 Å². The molecule has 3 heterocycles. The molecular weight excluding hydrogens is 455 g/mol. The fourth-order valence-electron chi connectivity index (χ4n) is 5.43. The first-order valence-electron chi connectivity index (χ1n) is 12.6. The van der Waals surface area contributed by atoms with E-state index in [-0.39, 0.29) is 22.3 Å². The minimum Gasteiger partial charge on any atom is -0.324 e. The van der Waals surface area contributed by atoms with Crippen LogP contribution in [0.5, 0.6) is 0 Å². The van der Waals surface area contributed by atoms with Crippen LogP contribution in [0.4, 0.5) is 16.0 Å². The SMILES string of the molecule is CCn1c(=O)c2cnc(Nc3ccc4c(c3)CCNC43CC3)nc2n1-c1ccc(F)c(C(C)(C)C)c1. The zero-order valence-corrected chi connectivity index (χ0v) is 21.2. The Balaban J connectivity index is 1.43. The lowest BCUT2D eigenvalue weighted by Crippen LogP contribution is -2.36. The number of rotatable bonds is 4. The second-order valence-corrected chi connectivity index (χ2v) is 10.9. The summed E-state index contributed by atoms with van der Waals surface area (Å²) in [7, 11) is 0. The quantitative estimate of drug-likeness (QED) is 0.428. The number of benzene rings is 2. The van der Waals surface area contributed by atoms with Gasteiger partial charge in [0.1, 0.15) is 11.2 Å². The molecule has 0 radical (unpaired) electrons. The zero-order valence-electron chi connectivity index (χ0n) is 21.2. The van der Waals surface area contributed by atoms with Crippen LogP contribution >= 0.6 is 0 Å². The Kier molecular flexibility index (Phi) is 5.09.